The summed E-state index contributed by atoms with van der Waals surface area (Å²) in [5.74, 6) is -2.51. The third-order valence-corrected chi connectivity index (χ3v) is 3.36. The second-order valence-corrected chi connectivity index (χ2v) is 4.52. The molecule has 2 heterocycles. The average molecular weight is 230 g/mol. The third kappa shape index (κ3) is 2.01. The Morgan fingerprint density at radius 1 is 0.867 bits per heavy atom. The van der Waals surface area contributed by atoms with Gasteiger partial charge in [-0.15, -0.1) is 11.8 Å². The molecule has 0 saturated carbocycles. The molecule has 2 rings (SSSR count). The Hall–Kier alpha value is -1.37. The Kier molecular flexibility index (Phi) is 2.47. The maximum absolute atomic E-state index is 11.1. The standard InChI is InChI=1S/C8H6O6S/c9-5-1-3(7(11)13-5)15-4-2-6(10)14-8(4)12/h3-4H,1-2H2. The Morgan fingerprint density at radius 2 is 1.27 bits per heavy atom. The monoisotopic (exact) mass is 230 g/mol. The van der Waals surface area contributed by atoms with Gasteiger partial charge in [0.15, 0.2) is 0 Å². The van der Waals surface area contributed by atoms with E-state index >= 15 is 0 Å². The van der Waals surface area contributed by atoms with Gasteiger partial charge in [-0.05, 0) is 0 Å². The predicted octanol–water partition coefficient (Wildman–Crippen LogP) is -0.596. The fourth-order valence-electron chi connectivity index (χ4n) is 1.31. The maximum Gasteiger partial charge on any atom is 0.327 e. The smallest absolute Gasteiger partial charge is 0.327 e. The van der Waals surface area contributed by atoms with Crippen molar-refractivity contribution in [3.63, 3.8) is 0 Å². The molecule has 0 radical (unpaired) electrons. The summed E-state index contributed by atoms with van der Waals surface area (Å²) in [5, 5.41) is -1.39. The van der Waals surface area contributed by atoms with Crippen LogP contribution < -0.4 is 0 Å². The first-order valence-corrected chi connectivity index (χ1v) is 5.15. The van der Waals surface area contributed by atoms with Crippen molar-refractivity contribution in [2.75, 3.05) is 0 Å². The molecule has 15 heavy (non-hydrogen) atoms. The van der Waals surface area contributed by atoms with Crippen LogP contribution in [0.25, 0.3) is 0 Å². The number of esters is 4. The molecule has 80 valence electrons. The van der Waals surface area contributed by atoms with Crippen LogP contribution in [-0.2, 0) is 28.7 Å². The van der Waals surface area contributed by atoms with E-state index in [1.54, 1.807) is 0 Å². The molecular formula is C8H6O6S. The summed E-state index contributed by atoms with van der Waals surface area (Å²) >= 11 is 0.948. The lowest BCUT2D eigenvalue weighted by molar-refractivity contribution is -0.153. The minimum absolute atomic E-state index is 0.0541. The van der Waals surface area contributed by atoms with E-state index < -0.39 is 34.4 Å². The highest BCUT2D eigenvalue weighted by Gasteiger charge is 2.41. The maximum atomic E-state index is 11.1. The summed E-state index contributed by atoms with van der Waals surface area (Å²) in [6.07, 6.45) is -0.108. The van der Waals surface area contributed by atoms with Gasteiger partial charge in [0.25, 0.3) is 0 Å². The number of thioether (sulfide) groups is 1. The fraction of sp³-hybridized carbons (Fsp3) is 0.500. The molecule has 0 aromatic heterocycles. The van der Waals surface area contributed by atoms with Gasteiger partial charge in [-0.1, -0.05) is 0 Å². The summed E-state index contributed by atoms with van der Waals surface area (Å²) in [4.78, 5) is 43.6. The predicted molar refractivity (Wildman–Crippen MR) is 46.6 cm³/mol. The number of carbonyl (C=O) groups excluding carboxylic acids is 4. The number of rotatable bonds is 2. The van der Waals surface area contributed by atoms with E-state index in [0.717, 1.165) is 11.8 Å². The van der Waals surface area contributed by atoms with Crippen LogP contribution >= 0.6 is 11.8 Å². The lowest BCUT2D eigenvalue weighted by Crippen LogP contribution is -2.18. The molecule has 0 N–H and O–H groups in total. The zero-order valence-corrected chi connectivity index (χ0v) is 8.24. The molecule has 0 aromatic rings. The zero-order chi connectivity index (χ0) is 11.0. The van der Waals surface area contributed by atoms with Crippen LogP contribution in [0, 0.1) is 0 Å². The van der Waals surface area contributed by atoms with Crippen molar-refractivity contribution in [3.05, 3.63) is 0 Å². The van der Waals surface area contributed by atoms with Crippen LogP contribution in [0.5, 0.6) is 0 Å². The van der Waals surface area contributed by atoms with Gasteiger partial charge in [-0.25, -0.2) is 0 Å². The summed E-state index contributed by atoms with van der Waals surface area (Å²) < 4.78 is 8.62. The van der Waals surface area contributed by atoms with Crippen molar-refractivity contribution in [3.8, 4) is 0 Å². The summed E-state index contributed by atoms with van der Waals surface area (Å²) in [7, 11) is 0. The SMILES string of the molecule is O=C1CC(SC2CC(=O)OC2=O)C(=O)O1. The van der Waals surface area contributed by atoms with Gasteiger partial charge in [-0.2, -0.15) is 0 Å². The van der Waals surface area contributed by atoms with E-state index in [4.69, 9.17) is 0 Å². The van der Waals surface area contributed by atoms with E-state index in [0.29, 0.717) is 0 Å². The van der Waals surface area contributed by atoms with Crippen molar-refractivity contribution in [1.82, 2.24) is 0 Å². The van der Waals surface area contributed by atoms with Crippen LogP contribution in [0.15, 0.2) is 0 Å². The van der Waals surface area contributed by atoms with Crippen molar-refractivity contribution < 1.29 is 28.7 Å². The van der Waals surface area contributed by atoms with Crippen molar-refractivity contribution in [2.45, 2.75) is 23.3 Å². The van der Waals surface area contributed by atoms with Gasteiger partial charge >= 0.3 is 23.9 Å². The van der Waals surface area contributed by atoms with E-state index in [9.17, 15) is 19.2 Å². The number of hydrogen-bond acceptors (Lipinski definition) is 7. The minimum Gasteiger partial charge on any atom is -0.392 e. The molecular weight excluding hydrogens is 224 g/mol. The lowest BCUT2D eigenvalue weighted by Gasteiger charge is -2.06. The van der Waals surface area contributed by atoms with Gasteiger partial charge in [0, 0.05) is 0 Å². The van der Waals surface area contributed by atoms with Crippen LogP contribution in [0.4, 0.5) is 0 Å². The zero-order valence-electron chi connectivity index (χ0n) is 7.43. The Balaban J connectivity index is 1.98. The normalized spacial score (nSPS) is 30.7. The van der Waals surface area contributed by atoms with Crippen molar-refractivity contribution >= 4 is 35.6 Å². The molecule has 2 aliphatic rings. The van der Waals surface area contributed by atoms with Crippen LogP contribution in [0.3, 0.4) is 0 Å². The highest BCUT2D eigenvalue weighted by molar-refractivity contribution is 8.02. The van der Waals surface area contributed by atoms with E-state index in [1.165, 1.54) is 0 Å². The summed E-state index contributed by atoms with van der Waals surface area (Å²) in [5.41, 5.74) is 0. The minimum atomic E-state index is -0.694. The number of hydrogen-bond donors (Lipinski definition) is 0. The highest BCUT2D eigenvalue weighted by Crippen LogP contribution is 2.31. The first-order valence-electron chi connectivity index (χ1n) is 4.21. The summed E-state index contributed by atoms with van der Waals surface area (Å²) in [6.45, 7) is 0. The third-order valence-electron chi connectivity index (χ3n) is 1.99. The molecule has 2 atom stereocenters. The van der Waals surface area contributed by atoms with E-state index in [1.807, 2.05) is 0 Å². The van der Waals surface area contributed by atoms with Crippen LogP contribution in [0.2, 0.25) is 0 Å². The second-order valence-electron chi connectivity index (χ2n) is 3.11. The van der Waals surface area contributed by atoms with Gasteiger partial charge < -0.3 is 9.47 Å². The number of cyclic esters (lactones) is 4. The molecule has 0 aliphatic carbocycles. The highest BCUT2D eigenvalue weighted by atomic mass is 32.2. The van der Waals surface area contributed by atoms with Crippen molar-refractivity contribution in [1.29, 1.82) is 0 Å². The van der Waals surface area contributed by atoms with Crippen molar-refractivity contribution in [2.24, 2.45) is 0 Å². The first kappa shape index (κ1) is 10.2. The molecule has 0 aromatic carbocycles. The quantitative estimate of drug-likeness (QED) is 0.462. The molecule has 0 spiro atoms. The first-order chi connectivity index (χ1) is 7.06. The second kappa shape index (κ2) is 3.65. The number of carbonyl (C=O) groups is 4. The lowest BCUT2D eigenvalue weighted by atomic mass is 10.3. The molecule has 6 nitrogen and oxygen atoms in total. The van der Waals surface area contributed by atoms with Crippen LogP contribution in [-0.4, -0.2) is 34.4 Å². The molecule has 7 heteroatoms. The molecule has 2 aliphatic heterocycles. The molecule has 2 saturated heterocycles. The van der Waals surface area contributed by atoms with E-state index in [2.05, 4.69) is 9.47 Å². The van der Waals surface area contributed by atoms with Gasteiger partial charge in [0.05, 0.1) is 12.8 Å². The summed E-state index contributed by atoms with van der Waals surface area (Å²) in [6, 6.07) is 0. The molecule has 0 amide bonds. The largest absolute Gasteiger partial charge is 0.392 e. The fourth-order valence-corrected chi connectivity index (χ4v) is 2.49. The Morgan fingerprint density at radius 3 is 1.53 bits per heavy atom. The topological polar surface area (TPSA) is 86.7 Å². The van der Waals surface area contributed by atoms with Crippen LogP contribution in [0.1, 0.15) is 12.8 Å². The molecule has 2 unspecified atom stereocenters. The molecule has 0 bridgehead atoms. The number of ether oxygens (including phenoxy) is 2. The van der Waals surface area contributed by atoms with Gasteiger partial charge in [-0.3, -0.25) is 19.2 Å². The van der Waals surface area contributed by atoms with Gasteiger partial charge in [0.2, 0.25) is 0 Å². The van der Waals surface area contributed by atoms with Gasteiger partial charge in [0.1, 0.15) is 10.5 Å². The molecule has 2 fully saturated rings. The Bertz CT molecular complexity index is 328. The average Bonchev–Trinajstić information content (AvgIpc) is 2.58. The Labute approximate surface area is 88.3 Å². The van der Waals surface area contributed by atoms with E-state index in [-0.39, 0.29) is 12.8 Å².